The summed E-state index contributed by atoms with van der Waals surface area (Å²) in [4.78, 5) is 14.6. The molecule has 6 heteroatoms. The number of hydrogen-bond acceptors (Lipinski definition) is 3. The molecular weight excluding hydrogens is 356 g/mol. The second-order valence-electron chi connectivity index (χ2n) is 5.23. The molecule has 1 heterocycles. The van der Waals surface area contributed by atoms with E-state index in [0.717, 1.165) is 28.4 Å². The van der Waals surface area contributed by atoms with Crippen molar-refractivity contribution < 1.29 is 9.53 Å². The van der Waals surface area contributed by atoms with E-state index in [0.29, 0.717) is 13.1 Å². The van der Waals surface area contributed by atoms with E-state index in [4.69, 9.17) is 10.5 Å². The zero-order chi connectivity index (χ0) is 14.7. The highest BCUT2D eigenvalue weighted by molar-refractivity contribution is 9.10. The highest BCUT2D eigenvalue weighted by atomic mass is 79.9. The van der Waals surface area contributed by atoms with Crippen LogP contribution in [0.4, 0.5) is 0 Å². The maximum Gasteiger partial charge on any atom is 0.254 e. The Morgan fingerprint density at radius 3 is 2.81 bits per heavy atom. The van der Waals surface area contributed by atoms with Crippen molar-refractivity contribution in [2.75, 3.05) is 20.2 Å². The van der Waals surface area contributed by atoms with Gasteiger partial charge in [0, 0.05) is 36.3 Å². The minimum absolute atomic E-state index is 0. The highest BCUT2D eigenvalue weighted by Crippen LogP contribution is 2.23. The van der Waals surface area contributed by atoms with Gasteiger partial charge in [-0.15, -0.1) is 12.4 Å². The average Bonchev–Trinajstić information content (AvgIpc) is 2.46. The molecule has 4 nitrogen and oxygen atoms in total. The van der Waals surface area contributed by atoms with E-state index in [9.17, 15) is 4.79 Å². The van der Waals surface area contributed by atoms with Gasteiger partial charge in [-0.3, -0.25) is 4.79 Å². The lowest BCUT2D eigenvalue weighted by atomic mass is 9.97. The molecule has 1 aromatic rings. The summed E-state index contributed by atoms with van der Waals surface area (Å²) in [7, 11) is 1.72. The van der Waals surface area contributed by atoms with E-state index in [1.807, 2.05) is 30.0 Å². The van der Waals surface area contributed by atoms with Crippen LogP contribution in [0.1, 0.15) is 28.8 Å². The molecule has 2 unspecified atom stereocenters. The maximum atomic E-state index is 12.7. The second kappa shape index (κ2) is 8.13. The number of piperidine rings is 1. The minimum atomic E-state index is 0. The van der Waals surface area contributed by atoms with E-state index < -0.39 is 0 Å². The van der Waals surface area contributed by atoms with Crippen molar-refractivity contribution in [3.8, 4) is 0 Å². The third kappa shape index (κ3) is 4.19. The SMILES string of the molecule is COC1CCN(C(=O)c2ccc(Br)cc2C)C(CN)C1.Cl. The molecule has 0 saturated carbocycles. The van der Waals surface area contributed by atoms with Gasteiger partial charge in [-0.05, 0) is 43.5 Å². The average molecular weight is 378 g/mol. The summed E-state index contributed by atoms with van der Waals surface area (Å²) in [6, 6.07) is 5.80. The zero-order valence-electron chi connectivity index (χ0n) is 12.3. The fourth-order valence-corrected chi connectivity index (χ4v) is 3.22. The summed E-state index contributed by atoms with van der Waals surface area (Å²) in [5.41, 5.74) is 7.56. The van der Waals surface area contributed by atoms with Crippen molar-refractivity contribution in [3.05, 3.63) is 33.8 Å². The largest absolute Gasteiger partial charge is 0.381 e. The standard InChI is InChI=1S/C15H21BrN2O2.ClH/c1-10-7-11(16)3-4-14(10)15(19)18-6-5-13(20-2)8-12(18)9-17;/h3-4,7,12-13H,5-6,8-9,17H2,1-2H3;1H. The first-order valence-corrected chi connectivity index (χ1v) is 7.66. The summed E-state index contributed by atoms with van der Waals surface area (Å²) in [6.45, 7) is 3.13. The van der Waals surface area contributed by atoms with Crippen LogP contribution in [0.15, 0.2) is 22.7 Å². The lowest BCUT2D eigenvalue weighted by Gasteiger charge is -2.38. The number of likely N-dealkylation sites (tertiary alicyclic amines) is 1. The molecule has 2 atom stereocenters. The number of halogens is 2. The van der Waals surface area contributed by atoms with Crippen molar-refractivity contribution in [3.63, 3.8) is 0 Å². The highest BCUT2D eigenvalue weighted by Gasteiger charge is 2.31. The molecule has 0 aliphatic carbocycles. The van der Waals surface area contributed by atoms with Crippen molar-refractivity contribution >= 4 is 34.2 Å². The summed E-state index contributed by atoms with van der Waals surface area (Å²) >= 11 is 3.42. The summed E-state index contributed by atoms with van der Waals surface area (Å²) in [6.07, 6.45) is 1.89. The normalized spacial score (nSPS) is 21.8. The fourth-order valence-electron chi connectivity index (χ4n) is 2.74. The first-order chi connectivity index (χ1) is 9.56. The van der Waals surface area contributed by atoms with E-state index in [-0.39, 0.29) is 30.5 Å². The van der Waals surface area contributed by atoms with Crippen LogP contribution in [-0.2, 0) is 4.74 Å². The van der Waals surface area contributed by atoms with Crippen LogP contribution in [0.25, 0.3) is 0 Å². The number of carbonyl (C=O) groups is 1. The van der Waals surface area contributed by atoms with Crippen LogP contribution in [0.3, 0.4) is 0 Å². The van der Waals surface area contributed by atoms with E-state index in [1.54, 1.807) is 7.11 Å². The van der Waals surface area contributed by atoms with Gasteiger partial charge in [0.15, 0.2) is 0 Å². The van der Waals surface area contributed by atoms with Gasteiger partial charge in [-0.25, -0.2) is 0 Å². The molecule has 1 aromatic carbocycles. The number of hydrogen-bond donors (Lipinski definition) is 1. The van der Waals surface area contributed by atoms with Gasteiger partial charge in [-0.1, -0.05) is 15.9 Å². The number of methoxy groups -OCH3 is 1. The molecule has 118 valence electrons. The summed E-state index contributed by atoms with van der Waals surface area (Å²) in [5, 5.41) is 0. The monoisotopic (exact) mass is 376 g/mol. The van der Waals surface area contributed by atoms with Crippen LogP contribution < -0.4 is 5.73 Å². The molecule has 1 aliphatic heterocycles. The molecule has 0 aromatic heterocycles. The quantitative estimate of drug-likeness (QED) is 0.881. The number of rotatable bonds is 3. The number of ether oxygens (including phenoxy) is 1. The van der Waals surface area contributed by atoms with Gasteiger partial charge < -0.3 is 15.4 Å². The molecule has 21 heavy (non-hydrogen) atoms. The van der Waals surface area contributed by atoms with E-state index in [2.05, 4.69) is 15.9 Å². The minimum Gasteiger partial charge on any atom is -0.381 e. The molecule has 0 bridgehead atoms. The van der Waals surface area contributed by atoms with Crippen LogP contribution in [0, 0.1) is 6.92 Å². The van der Waals surface area contributed by atoms with Gasteiger partial charge in [0.25, 0.3) is 5.91 Å². The van der Waals surface area contributed by atoms with Crippen LogP contribution in [-0.4, -0.2) is 43.2 Å². The molecule has 1 amide bonds. The number of aryl methyl sites for hydroxylation is 1. The Morgan fingerprint density at radius 1 is 1.52 bits per heavy atom. The van der Waals surface area contributed by atoms with Crippen LogP contribution in [0.5, 0.6) is 0 Å². The number of nitrogens with zero attached hydrogens (tertiary/aromatic N) is 1. The summed E-state index contributed by atoms with van der Waals surface area (Å²) in [5.74, 6) is 0.0694. The topological polar surface area (TPSA) is 55.6 Å². The Morgan fingerprint density at radius 2 is 2.24 bits per heavy atom. The van der Waals surface area contributed by atoms with Crippen LogP contribution >= 0.6 is 28.3 Å². The maximum absolute atomic E-state index is 12.7. The molecule has 2 rings (SSSR count). The Bertz CT molecular complexity index is 499. The third-order valence-electron chi connectivity index (χ3n) is 3.95. The molecule has 0 radical (unpaired) electrons. The fraction of sp³-hybridized carbons (Fsp3) is 0.533. The number of nitrogens with two attached hydrogens (primary N) is 1. The number of amides is 1. The molecule has 1 fully saturated rings. The van der Waals surface area contributed by atoms with Crippen molar-refractivity contribution in [1.82, 2.24) is 4.90 Å². The number of benzene rings is 1. The third-order valence-corrected chi connectivity index (χ3v) is 4.45. The van der Waals surface area contributed by atoms with Gasteiger partial charge >= 0.3 is 0 Å². The van der Waals surface area contributed by atoms with Crippen molar-refractivity contribution in [1.29, 1.82) is 0 Å². The lowest BCUT2D eigenvalue weighted by Crippen LogP contribution is -2.51. The Labute approximate surface area is 140 Å². The first-order valence-electron chi connectivity index (χ1n) is 6.86. The van der Waals surface area contributed by atoms with Crippen molar-refractivity contribution in [2.45, 2.75) is 31.9 Å². The molecular formula is C15H22BrClN2O2. The lowest BCUT2D eigenvalue weighted by molar-refractivity contribution is 0.0138. The molecule has 0 spiro atoms. The zero-order valence-corrected chi connectivity index (χ0v) is 14.7. The van der Waals surface area contributed by atoms with Gasteiger partial charge in [0.05, 0.1) is 6.10 Å². The predicted molar refractivity (Wildman–Crippen MR) is 90.0 cm³/mol. The van der Waals surface area contributed by atoms with Gasteiger partial charge in [0.1, 0.15) is 0 Å². The Balaban J connectivity index is 0.00000220. The molecule has 1 aliphatic rings. The molecule has 2 N–H and O–H groups in total. The predicted octanol–water partition coefficient (Wildman–Crippen LogP) is 2.76. The van der Waals surface area contributed by atoms with Gasteiger partial charge in [-0.2, -0.15) is 0 Å². The van der Waals surface area contributed by atoms with Gasteiger partial charge in [0.2, 0.25) is 0 Å². The number of carbonyl (C=O) groups excluding carboxylic acids is 1. The smallest absolute Gasteiger partial charge is 0.254 e. The molecule has 1 saturated heterocycles. The van der Waals surface area contributed by atoms with E-state index >= 15 is 0 Å². The van der Waals surface area contributed by atoms with Crippen molar-refractivity contribution in [2.24, 2.45) is 5.73 Å². The van der Waals surface area contributed by atoms with E-state index in [1.165, 1.54) is 0 Å². The summed E-state index contributed by atoms with van der Waals surface area (Å²) < 4.78 is 6.38. The Hall–Kier alpha value is -0.620. The van der Waals surface area contributed by atoms with Crippen LogP contribution in [0.2, 0.25) is 0 Å². The second-order valence-corrected chi connectivity index (χ2v) is 6.15. The Kier molecular flexibility index (Phi) is 7.13. The first kappa shape index (κ1) is 18.4.